The second-order valence-electron chi connectivity index (χ2n) is 20.4. The lowest BCUT2D eigenvalue weighted by Gasteiger charge is -2.53. The molecule has 6 aliphatic heterocycles. The van der Waals surface area contributed by atoms with Crippen molar-refractivity contribution in [3.8, 4) is 0 Å². The molecule has 0 aliphatic carbocycles. The summed E-state index contributed by atoms with van der Waals surface area (Å²) >= 11 is 0. The lowest BCUT2D eigenvalue weighted by molar-refractivity contribution is -0.400. The van der Waals surface area contributed by atoms with Crippen LogP contribution in [-0.2, 0) is 71.3 Å². The second kappa shape index (κ2) is 28.9. The topological polar surface area (TPSA) is 590 Å². The van der Waals surface area contributed by atoms with Crippen LogP contribution in [0.5, 0.6) is 0 Å². The first-order chi connectivity index (χ1) is 38.6. The van der Waals surface area contributed by atoms with Gasteiger partial charge in [-0.1, -0.05) is 0 Å². The molecule has 0 aromatic carbocycles. The van der Waals surface area contributed by atoms with E-state index < -0.39 is 259 Å². The fraction of sp³-hybridized carbons (Fsp3) is 0.911. The predicted octanol–water partition coefficient (Wildman–Crippen LogP) is -14.5. The molecule has 82 heavy (non-hydrogen) atoms. The number of aliphatic carboxylic acids is 1. The molecule has 0 aromatic rings. The highest BCUT2D eigenvalue weighted by Crippen LogP contribution is 2.41. The van der Waals surface area contributed by atoms with Gasteiger partial charge in [0.05, 0.1) is 51.8 Å². The smallest absolute Gasteiger partial charge is 0.364 e. The number of nitrogens with one attached hydrogen (secondary N) is 3. The molecule has 37 nitrogen and oxygen atoms in total. The Bertz CT molecular complexity index is 2090. The average Bonchev–Trinajstić information content (AvgIpc) is 3.57. The molecule has 6 heterocycles. The van der Waals surface area contributed by atoms with Crippen LogP contribution in [0.25, 0.3) is 0 Å². The summed E-state index contributed by atoms with van der Waals surface area (Å²) in [4.78, 5) is 51.3. The Hall–Kier alpha value is -3.28. The van der Waals surface area contributed by atoms with Gasteiger partial charge in [-0.3, -0.25) is 14.4 Å². The van der Waals surface area contributed by atoms with Crippen molar-refractivity contribution in [3.05, 3.63) is 0 Å². The third-order valence-electron chi connectivity index (χ3n) is 14.6. The van der Waals surface area contributed by atoms with E-state index in [0.29, 0.717) is 0 Å². The highest BCUT2D eigenvalue weighted by molar-refractivity contribution is 5.77. The average molecular weight is 1200 g/mol. The SMILES string of the molecule is CC(=O)N[C@H]1[C@H](O[C@@H]2[C@H](O[C@]3(C(=O)O)C[C@H](O)[C@@H](NC(C)=O)[C@H]([C@H](O)[C@H](O)CO)O3)[C@@H](O)[C@H](O[C@H]3[C@H](O)[C@@H](CO)O[C@@H](O[C@H]4[C@@H](O)[C@@H](CO)O[C@H](O[C@H]5[C@H](O)[C@@H](O)[C@H](O)O[C@@H]5CO)[C@@H]4O)[C@@H]3NC(C)=O)O[C@@H]2CO)O[C@H](CO)[C@H](O)[C@@H]1O. The van der Waals surface area contributed by atoms with Gasteiger partial charge in [0.2, 0.25) is 17.7 Å². The Morgan fingerprint density at radius 2 is 0.902 bits per heavy atom. The number of amides is 3. The van der Waals surface area contributed by atoms with Crippen LogP contribution in [-0.4, -0.2) is 350 Å². The number of aliphatic hydroxyl groups is 18. The molecule has 31 atom stereocenters. The van der Waals surface area contributed by atoms with Crippen molar-refractivity contribution in [2.45, 2.75) is 217 Å². The quantitative estimate of drug-likeness (QED) is 0.0479. The van der Waals surface area contributed by atoms with Crippen molar-refractivity contribution in [1.29, 1.82) is 0 Å². The number of aliphatic hydroxyl groups excluding tert-OH is 18. The van der Waals surface area contributed by atoms with Crippen molar-refractivity contribution in [1.82, 2.24) is 16.0 Å². The van der Waals surface area contributed by atoms with Crippen LogP contribution < -0.4 is 16.0 Å². The highest BCUT2D eigenvalue weighted by atomic mass is 16.8. The largest absolute Gasteiger partial charge is 0.477 e. The van der Waals surface area contributed by atoms with Gasteiger partial charge in [0, 0.05) is 27.2 Å². The molecule has 6 aliphatic rings. The van der Waals surface area contributed by atoms with Crippen LogP contribution >= 0.6 is 0 Å². The molecular formula is C45H75N3O34. The number of ether oxygens (including phenoxy) is 11. The molecule has 3 amide bonds. The van der Waals surface area contributed by atoms with E-state index in [9.17, 15) is 116 Å². The fourth-order valence-electron chi connectivity index (χ4n) is 10.4. The van der Waals surface area contributed by atoms with Gasteiger partial charge in [-0.25, -0.2) is 4.79 Å². The number of carbonyl (C=O) groups excluding carboxylic acids is 3. The van der Waals surface area contributed by atoms with E-state index in [1.165, 1.54) is 0 Å². The van der Waals surface area contributed by atoms with Gasteiger partial charge >= 0.3 is 5.97 Å². The molecule has 6 saturated heterocycles. The van der Waals surface area contributed by atoms with Crippen molar-refractivity contribution in [2.24, 2.45) is 0 Å². The second-order valence-corrected chi connectivity index (χ2v) is 20.4. The summed E-state index contributed by atoms with van der Waals surface area (Å²) in [6, 6.07) is -5.56. The minimum atomic E-state index is -3.39. The number of hydrogen-bond acceptors (Lipinski definition) is 33. The van der Waals surface area contributed by atoms with E-state index >= 15 is 0 Å². The number of carboxylic acid groups (broad SMARTS) is 1. The van der Waals surface area contributed by atoms with Crippen molar-refractivity contribution < 1.29 is 168 Å². The number of carboxylic acids is 1. The first kappa shape index (κ1) is 67.8. The molecular weight excluding hydrogens is 1130 g/mol. The van der Waals surface area contributed by atoms with Crippen LogP contribution in [0.2, 0.25) is 0 Å². The maximum atomic E-state index is 13.6. The Morgan fingerprint density at radius 1 is 0.476 bits per heavy atom. The third-order valence-corrected chi connectivity index (χ3v) is 14.6. The van der Waals surface area contributed by atoms with Gasteiger partial charge in [0.15, 0.2) is 31.5 Å². The highest BCUT2D eigenvalue weighted by Gasteiger charge is 2.62. The Balaban J connectivity index is 1.41. The minimum Gasteiger partial charge on any atom is -0.477 e. The number of carbonyl (C=O) groups is 4. The summed E-state index contributed by atoms with van der Waals surface area (Å²) in [6.45, 7) is -3.81. The van der Waals surface area contributed by atoms with Crippen LogP contribution in [0.3, 0.4) is 0 Å². The first-order valence-corrected chi connectivity index (χ1v) is 25.7. The monoisotopic (exact) mass is 1200 g/mol. The zero-order valence-corrected chi connectivity index (χ0v) is 43.9. The lowest BCUT2D eigenvalue weighted by Crippen LogP contribution is -2.72. The molecule has 0 bridgehead atoms. The standard InChI is InChI=1S/C45H75N3O34/c1-11(55)46-21-14(58)4-45(44(70)71,81-36(21)24(60)15(59)5-49)82-38-32(68)43(76-20(10-54)34(38)78-40-22(47-12(2)56)28(64)25(61)16(6-50)73-40)79-35-23(48-13(3)57)41(74-17(7-51)26(35)62)80-37-27(63)18(8-52)75-42(31(37)67)77-33-19(9-53)72-39(69)30(66)29(33)65/h14-43,49-54,58-69H,4-10H2,1-3H3,(H,46,55)(H,47,56)(H,48,57)(H,70,71)/t14-,15+,16+,17+,18+,19+,20+,21+,22+,23+,24+,25-,26+,27-,28+,29+,30+,31+,32+,33+,34-,35+,36+,37-,38+,39+,40-,41-,42+,43-,45-/m0/s1. The van der Waals surface area contributed by atoms with E-state index in [0.717, 1.165) is 20.8 Å². The van der Waals surface area contributed by atoms with Crippen LogP contribution in [0.1, 0.15) is 27.2 Å². The summed E-state index contributed by atoms with van der Waals surface area (Å²) in [5, 5.41) is 213. The Morgan fingerprint density at radius 3 is 1.43 bits per heavy atom. The summed E-state index contributed by atoms with van der Waals surface area (Å²) in [5.74, 6) is -8.31. The van der Waals surface area contributed by atoms with Gasteiger partial charge in [-0.05, 0) is 0 Å². The molecule has 6 rings (SSSR count). The van der Waals surface area contributed by atoms with Gasteiger partial charge in [0.1, 0.15) is 140 Å². The molecule has 474 valence electrons. The molecule has 0 saturated carbocycles. The van der Waals surface area contributed by atoms with Crippen molar-refractivity contribution in [3.63, 3.8) is 0 Å². The van der Waals surface area contributed by atoms with Crippen LogP contribution in [0, 0.1) is 0 Å². The van der Waals surface area contributed by atoms with Crippen molar-refractivity contribution in [2.75, 3.05) is 39.6 Å². The minimum absolute atomic E-state index is 0.879. The summed E-state index contributed by atoms with van der Waals surface area (Å²) in [6.07, 6.45) is -57.8. The third kappa shape index (κ3) is 14.6. The van der Waals surface area contributed by atoms with Gasteiger partial charge in [-0.2, -0.15) is 0 Å². The Kier molecular flexibility index (Phi) is 23.9. The number of hydrogen-bond donors (Lipinski definition) is 22. The van der Waals surface area contributed by atoms with Gasteiger partial charge in [-0.15, -0.1) is 0 Å². The lowest BCUT2D eigenvalue weighted by atomic mass is 9.88. The summed E-state index contributed by atoms with van der Waals surface area (Å²) < 4.78 is 63.9. The number of rotatable bonds is 22. The van der Waals surface area contributed by atoms with Crippen molar-refractivity contribution >= 4 is 23.7 Å². The van der Waals surface area contributed by atoms with E-state index in [2.05, 4.69) is 16.0 Å². The normalized spacial score (nSPS) is 46.3. The molecule has 0 radical (unpaired) electrons. The van der Waals surface area contributed by atoms with Crippen LogP contribution in [0.4, 0.5) is 0 Å². The molecule has 0 unspecified atom stereocenters. The molecule has 0 aromatic heterocycles. The maximum Gasteiger partial charge on any atom is 0.364 e. The molecule has 37 heteroatoms. The first-order valence-electron chi connectivity index (χ1n) is 25.7. The maximum absolute atomic E-state index is 13.6. The van der Waals surface area contributed by atoms with E-state index in [-0.39, 0.29) is 0 Å². The summed E-state index contributed by atoms with van der Waals surface area (Å²) in [7, 11) is 0. The molecule has 22 N–H and O–H groups in total. The van der Waals surface area contributed by atoms with E-state index in [1.54, 1.807) is 0 Å². The Labute approximate surface area is 463 Å². The zero-order valence-electron chi connectivity index (χ0n) is 43.9. The van der Waals surface area contributed by atoms with Crippen LogP contribution in [0.15, 0.2) is 0 Å². The van der Waals surface area contributed by atoms with E-state index in [4.69, 9.17) is 52.1 Å². The zero-order chi connectivity index (χ0) is 61.0. The summed E-state index contributed by atoms with van der Waals surface area (Å²) in [5.41, 5.74) is 0. The van der Waals surface area contributed by atoms with E-state index in [1.807, 2.05) is 0 Å². The van der Waals surface area contributed by atoms with Gasteiger partial charge < -0.3 is 165 Å². The predicted molar refractivity (Wildman–Crippen MR) is 251 cm³/mol. The van der Waals surface area contributed by atoms with Gasteiger partial charge in [0.25, 0.3) is 5.79 Å². The fourth-order valence-corrected chi connectivity index (χ4v) is 10.4. The molecule has 6 fully saturated rings. The molecule has 0 spiro atoms.